The van der Waals surface area contributed by atoms with Crippen molar-refractivity contribution in [3.63, 3.8) is 0 Å². The molecule has 0 unspecified atom stereocenters. The van der Waals surface area contributed by atoms with Gasteiger partial charge in [0, 0.05) is 24.5 Å². The van der Waals surface area contributed by atoms with Crippen LogP contribution in [0.5, 0.6) is 0 Å². The first-order valence-corrected chi connectivity index (χ1v) is 7.68. The minimum atomic E-state index is 1.01. The number of hydrogen-bond donors (Lipinski definition) is 1. The number of aromatic nitrogens is 2. The first kappa shape index (κ1) is 13.2. The molecule has 1 aromatic heterocycles. The van der Waals surface area contributed by atoms with E-state index in [2.05, 4.69) is 41.1 Å². The standard InChI is InChI=1S/C17H23N3/c1-14-19-16-10-5-6-11-17(16)20(14)13-7-12-18-15-8-3-2-4-9-15/h2-4,8-9,18H,5-7,10-13H2,1H3. The second-order valence-electron chi connectivity index (χ2n) is 5.56. The molecule has 0 bridgehead atoms. The van der Waals surface area contributed by atoms with E-state index in [0.717, 1.165) is 19.5 Å². The summed E-state index contributed by atoms with van der Waals surface area (Å²) in [6.07, 6.45) is 6.14. The molecule has 0 saturated heterocycles. The number of imidazole rings is 1. The molecular formula is C17H23N3. The summed E-state index contributed by atoms with van der Waals surface area (Å²) in [6, 6.07) is 10.4. The molecule has 3 rings (SSSR count). The van der Waals surface area contributed by atoms with Crippen LogP contribution in [-0.2, 0) is 19.4 Å². The van der Waals surface area contributed by atoms with Gasteiger partial charge in [-0.3, -0.25) is 0 Å². The number of anilines is 1. The molecule has 1 aromatic carbocycles. The third-order valence-corrected chi connectivity index (χ3v) is 4.08. The van der Waals surface area contributed by atoms with Crippen LogP contribution in [-0.4, -0.2) is 16.1 Å². The average Bonchev–Trinajstić information content (AvgIpc) is 2.80. The van der Waals surface area contributed by atoms with Gasteiger partial charge in [-0.15, -0.1) is 0 Å². The van der Waals surface area contributed by atoms with Gasteiger partial charge in [-0.25, -0.2) is 4.98 Å². The molecule has 106 valence electrons. The van der Waals surface area contributed by atoms with E-state index in [9.17, 15) is 0 Å². The fraction of sp³-hybridized carbons (Fsp3) is 0.471. The second-order valence-corrected chi connectivity index (χ2v) is 5.56. The summed E-state index contributed by atoms with van der Waals surface area (Å²) < 4.78 is 2.43. The highest BCUT2D eigenvalue weighted by atomic mass is 15.1. The molecule has 0 amide bonds. The van der Waals surface area contributed by atoms with Gasteiger partial charge in [0.05, 0.1) is 5.69 Å². The van der Waals surface area contributed by atoms with Gasteiger partial charge < -0.3 is 9.88 Å². The van der Waals surface area contributed by atoms with E-state index in [1.54, 1.807) is 0 Å². The minimum absolute atomic E-state index is 1.01. The minimum Gasteiger partial charge on any atom is -0.385 e. The van der Waals surface area contributed by atoms with Gasteiger partial charge in [-0.1, -0.05) is 18.2 Å². The monoisotopic (exact) mass is 269 g/mol. The van der Waals surface area contributed by atoms with Crippen LogP contribution in [0.25, 0.3) is 0 Å². The van der Waals surface area contributed by atoms with Crippen molar-refractivity contribution in [2.45, 2.75) is 45.6 Å². The van der Waals surface area contributed by atoms with E-state index < -0.39 is 0 Å². The van der Waals surface area contributed by atoms with Crippen LogP contribution in [0.4, 0.5) is 5.69 Å². The Hall–Kier alpha value is -1.77. The number of hydrogen-bond acceptors (Lipinski definition) is 2. The van der Waals surface area contributed by atoms with Crippen LogP contribution >= 0.6 is 0 Å². The zero-order valence-electron chi connectivity index (χ0n) is 12.2. The molecular weight excluding hydrogens is 246 g/mol. The third-order valence-electron chi connectivity index (χ3n) is 4.08. The van der Waals surface area contributed by atoms with Crippen molar-refractivity contribution in [2.75, 3.05) is 11.9 Å². The SMILES string of the molecule is Cc1nc2c(n1CCCNc1ccccc1)CCCC2. The second kappa shape index (κ2) is 6.12. The number of fused-ring (bicyclic) bond motifs is 1. The fourth-order valence-electron chi connectivity index (χ4n) is 3.06. The van der Waals surface area contributed by atoms with Crippen LogP contribution in [0.2, 0.25) is 0 Å². The smallest absolute Gasteiger partial charge is 0.106 e. The maximum atomic E-state index is 4.73. The van der Waals surface area contributed by atoms with Gasteiger partial charge in [0.15, 0.2) is 0 Å². The molecule has 1 heterocycles. The van der Waals surface area contributed by atoms with Crippen molar-refractivity contribution in [2.24, 2.45) is 0 Å². The number of para-hydroxylation sites is 1. The predicted octanol–water partition coefficient (Wildman–Crippen LogP) is 3.57. The van der Waals surface area contributed by atoms with E-state index in [4.69, 9.17) is 4.98 Å². The Kier molecular flexibility index (Phi) is 4.05. The van der Waals surface area contributed by atoms with Gasteiger partial charge in [-0.2, -0.15) is 0 Å². The van der Waals surface area contributed by atoms with Gasteiger partial charge in [-0.05, 0) is 51.2 Å². The Balaban J connectivity index is 1.55. The number of nitrogens with zero attached hydrogens (tertiary/aromatic N) is 2. The summed E-state index contributed by atoms with van der Waals surface area (Å²) in [6.45, 7) is 4.23. The topological polar surface area (TPSA) is 29.9 Å². The Morgan fingerprint density at radius 2 is 1.95 bits per heavy atom. The number of benzene rings is 1. The quantitative estimate of drug-likeness (QED) is 0.841. The third kappa shape index (κ3) is 2.87. The van der Waals surface area contributed by atoms with E-state index >= 15 is 0 Å². The van der Waals surface area contributed by atoms with Crippen molar-refractivity contribution < 1.29 is 0 Å². The molecule has 0 saturated carbocycles. The highest BCUT2D eigenvalue weighted by Gasteiger charge is 2.17. The molecule has 0 spiro atoms. The largest absolute Gasteiger partial charge is 0.385 e. The summed E-state index contributed by atoms with van der Waals surface area (Å²) in [5, 5.41) is 3.47. The zero-order valence-corrected chi connectivity index (χ0v) is 12.2. The Bertz CT molecular complexity index is 557. The van der Waals surface area contributed by atoms with Crippen molar-refractivity contribution in [3.8, 4) is 0 Å². The molecule has 3 nitrogen and oxygen atoms in total. The maximum Gasteiger partial charge on any atom is 0.106 e. The van der Waals surface area contributed by atoms with Gasteiger partial charge in [0.1, 0.15) is 5.82 Å². The lowest BCUT2D eigenvalue weighted by atomic mass is 10.0. The van der Waals surface area contributed by atoms with E-state index in [0.29, 0.717) is 0 Å². The lowest BCUT2D eigenvalue weighted by molar-refractivity contribution is 0.582. The molecule has 0 aliphatic heterocycles. The lowest BCUT2D eigenvalue weighted by Crippen LogP contribution is -2.12. The Morgan fingerprint density at radius 3 is 2.80 bits per heavy atom. The maximum absolute atomic E-state index is 4.73. The van der Waals surface area contributed by atoms with Crippen LogP contribution in [0, 0.1) is 6.92 Å². The Labute approximate surface area is 121 Å². The summed E-state index contributed by atoms with van der Waals surface area (Å²) in [5.41, 5.74) is 4.05. The zero-order chi connectivity index (χ0) is 13.8. The highest BCUT2D eigenvalue weighted by molar-refractivity contribution is 5.42. The van der Waals surface area contributed by atoms with Crippen LogP contribution < -0.4 is 5.32 Å². The molecule has 2 aromatic rings. The van der Waals surface area contributed by atoms with Gasteiger partial charge in [0.25, 0.3) is 0 Å². The molecule has 1 aliphatic carbocycles. The predicted molar refractivity (Wildman–Crippen MR) is 83.2 cm³/mol. The Morgan fingerprint density at radius 1 is 1.15 bits per heavy atom. The van der Waals surface area contributed by atoms with Crippen molar-refractivity contribution >= 4 is 5.69 Å². The summed E-state index contributed by atoms with van der Waals surface area (Å²) in [7, 11) is 0. The highest BCUT2D eigenvalue weighted by Crippen LogP contribution is 2.22. The summed E-state index contributed by atoms with van der Waals surface area (Å²) >= 11 is 0. The van der Waals surface area contributed by atoms with Crippen molar-refractivity contribution in [3.05, 3.63) is 47.5 Å². The van der Waals surface area contributed by atoms with Crippen LogP contribution in [0.3, 0.4) is 0 Å². The van der Waals surface area contributed by atoms with Gasteiger partial charge in [0.2, 0.25) is 0 Å². The van der Waals surface area contributed by atoms with Crippen LogP contribution in [0.15, 0.2) is 30.3 Å². The summed E-state index contributed by atoms with van der Waals surface area (Å²) in [5.74, 6) is 1.19. The molecule has 0 fully saturated rings. The normalized spacial score (nSPS) is 14.1. The molecule has 1 aliphatic rings. The van der Waals surface area contributed by atoms with Crippen molar-refractivity contribution in [1.82, 2.24) is 9.55 Å². The molecule has 1 N–H and O–H groups in total. The van der Waals surface area contributed by atoms with E-state index in [1.165, 1.54) is 48.6 Å². The summed E-state index contributed by atoms with van der Waals surface area (Å²) in [4.78, 5) is 4.73. The average molecular weight is 269 g/mol. The number of nitrogens with one attached hydrogen (secondary N) is 1. The fourth-order valence-corrected chi connectivity index (χ4v) is 3.06. The molecule has 0 atom stereocenters. The first-order valence-electron chi connectivity index (χ1n) is 7.68. The van der Waals surface area contributed by atoms with Crippen molar-refractivity contribution in [1.29, 1.82) is 0 Å². The van der Waals surface area contributed by atoms with E-state index in [1.807, 2.05) is 6.07 Å². The van der Waals surface area contributed by atoms with E-state index in [-0.39, 0.29) is 0 Å². The number of aryl methyl sites for hydroxylation is 2. The number of rotatable bonds is 5. The molecule has 3 heteroatoms. The molecule has 0 radical (unpaired) electrons. The van der Waals surface area contributed by atoms with Gasteiger partial charge >= 0.3 is 0 Å². The lowest BCUT2D eigenvalue weighted by Gasteiger charge is -2.15. The molecule has 20 heavy (non-hydrogen) atoms. The van der Waals surface area contributed by atoms with Crippen LogP contribution in [0.1, 0.15) is 36.5 Å². The first-order chi connectivity index (χ1) is 9.84.